The van der Waals surface area contributed by atoms with Gasteiger partial charge in [0.1, 0.15) is 12.4 Å². The molecule has 136 valence electrons. The van der Waals surface area contributed by atoms with Gasteiger partial charge in [-0.05, 0) is 26.0 Å². The summed E-state index contributed by atoms with van der Waals surface area (Å²) in [4.78, 5) is 10.9. The average molecular weight is 368 g/mol. The van der Waals surface area contributed by atoms with Gasteiger partial charge in [0.05, 0.1) is 23.8 Å². The minimum absolute atomic E-state index is 0.0212. The zero-order valence-electron chi connectivity index (χ0n) is 14.6. The summed E-state index contributed by atoms with van der Waals surface area (Å²) in [6, 6.07) is 3.23. The van der Waals surface area contributed by atoms with Crippen molar-refractivity contribution in [1.82, 2.24) is 15.2 Å². The van der Waals surface area contributed by atoms with Crippen LogP contribution in [0.1, 0.15) is 17.6 Å². The van der Waals surface area contributed by atoms with Crippen LogP contribution in [0, 0.1) is 18.6 Å². The van der Waals surface area contributed by atoms with Crippen LogP contribution >= 0.6 is 11.3 Å². The molecule has 1 aromatic carbocycles. The molecule has 2 aromatic rings. The van der Waals surface area contributed by atoms with Crippen molar-refractivity contribution in [1.29, 1.82) is 0 Å². The summed E-state index contributed by atoms with van der Waals surface area (Å²) in [5, 5.41) is 6.25. The van der Waals surface area contributed by atoms with Crippen LogP contribution in [0.15, 0.2) is 28.6 Å². The number of nitrogens with zero attached hydrogens (tertiary/aromatic N) is 3. The summed E-state index contributed by atoms with van der Waals surface area (Å²) in [7, 11) is 1.93. The Balaban J connectivity index is 1.89. The summed E-state index contributed by atoms with van der Waals surface area (Å²) in [5.74, 6) is -0.604. The van der Waals surface area contributed by atoms with E-state index in [4.69, 9.17) is 4.74 Å². The standard InChI is InChI=1S/C17H22F2N4OS/c1-4-20-17(23(3)10-14-11-25-12(2)22-14)21-7-8-24-16-6-5-13(18)9-15(16)19/h5-6,9,11H,4,7-8,10H2,1-3H3,(H,20,21). The van der Waals surface area contributed by atoms with Crippen LogP contribution in [0.25, 0.3) is 0 Å². The molecular weight excluding hydrogens is 346 g/mol. The lowest BCUT2D eigenvalue weighted by Gasteiger charge is -2.21. The van der Waals surface area contributed by atoms with Crippen LogP contribution in [-0.2, 0) is 6.54 Å². The second kappa shape index (κ2) is 9.31. The zero-order valence-corrected chi connectivity index (χ0v) is 15.4. The SMILES string of the molecule is CCNC(=NCCOc1ccc(F)cc1F)N(C)Cc1csc(C)n1. The molecule has 0 aliphatic carbocycles. The molecule has 0 fully saturated rings. The monoisotopic (exact) mass is 368 g/mol. The number of hydrogen-bond donors (Lipinski definition) is 1. The quantitative estimate of drug-likeness (QED) is 0.463. The Morgan fingerprint density at radius 2 is 2.20 bits per heavy atom. The van der Waals surface area contributed by atoms with Gasteiger partial charge in [-0.25, -0.2) is 18.8 Å². The van der Waals surface area contributed by atoms with Gasteiger partial charge < -0.3 is 15.0 Å². The Morgan fingerprint density at radius 1 is 1.40 bits per heavy atom. The lowest BCUT2D eigenvalue weighted by Crippen LogP contribution is -2.38. The topological polar surface area (TPSA) is 49.8 Å². The first-order valence-corrected chi connectivity index (χ1v) is 8.86. The molecule has 0 spiro atoms. The number of ether oxygens (including phenoxy) is 1. The Labute approximate surface area is 150 Å². The number of benzene rings is 1. The lowest BCUT2D eigenvalue weighted by molar-refractivity contribution is 0.309. The highest BCUT2D eigenvalue weighted by atomic mass is 32.1. The highest BCUT2D eigenvalue weighted by Crippen LogP contribution is 2.17. The first-order valence-electron chi connectivity index (χ1n) is 7.98. The molecule has 1 N–H and O–H groups in total. The average Bonchev–Trinajstić information content (AvgIpc) is 2.97. The van der Waals surface area contributed by atoms with Crippen LogP contribution in [0.2, 0.25) is 0 Å². The molecule has 0 radical (unpaired) electrons. The zero-order chi connectivity index (χ0) is 18.2. The molecule has 0 aliphatic heterocycles. The number of halogens is 2. The van der Waals surface area contributed by atoms with E-state index >= 15 is 0 Å². The van der Waals surface area contributed by atoms with Gasteiger partial charge in [0, 0.05) is 25.0 Å². The van der Waals surface area contributed by atoms with Crippen molar-refractivity contribution < 1.29 is 13.5 Å². The maximum absolute atomic E-state index is 13.5. The molecule has 1 aromatic heterocycles. The van der Waals surface area contributed by atoms with Gasteiger partial charge >= 0.3 is 0 Å². The Bertz CT molecular complexity index is 720. The van der Waals surface area contributed by atoms with Crippen molar-refractivity contribution in [3.05, 3.63) is 45.9 Å². The van der Waals surface area contributed by atoms with Crippen LogP contribution in [-0.4, -0.2) is 42.6 Å². The van der Waals surface area contributed by atoms with Gasteiger partial charge in [-0.2, -0.15) is 0 Å². The molecule has 0 unspecified atom stereocenters. The number of hydrogen-bond acceptors (Lipinski definition) is 4. The largest absolute Gasteiger partial charge is 0.489 e. The third-order valence-corrected chi connectivity index (χ3v) is 4.09. The van der Waals surface area contributed by atoms with Gasteiger partial charge in [0.2, 0.25) is 0 Å². The first kappa shape index (κ1) is 19.1. The van der Waals surface area contributed by atoms with Crippen molar-refractivity contribution in [2.45, 2.75) is 20.4 Å². The van der Waals surface area contributed by atoms with E-state index in [9.17, 15) is 8.78 Å². The van der Waals surface area contributed by atoms with Crippen LogP contribution in [0.3, 0.4) is 0 Å². The fourth-order valence-corrected chi connectivity index (χ4v) is 2.77. The number of nitrogens with one attached hydrogen (secondary N) is 1. The summed E-state index contributed by atoms with van der Waals surface area (Å²) in [6.45, 7) is 5.87. The van der Waals surface area contributed by atoms with Crippen molar-refractivity contribution in [3.8, 4) is 5.75 Å². The predicted octanol–water partition coefficient (Wildman–Crippen LogP) is 3.21. The maximum atomic E-state index is 13.5. The number of guanidine groups is 1. The van der Waals surface area contributed by atoms with Gasteiger partial charge in [-0.3, -0.25) is 0 Å². The Morgan fingerprint density at radius 3 is 2.84 bits per heavy atom. The summed E-state index contributed by atoms with van der Waals surface area (Å²) in [5.41, 5.74) is 0.986. The maximum Gasteiger partial charge on any atom is 0.194 e. The summed E-state index contributed by atoms with van der Waals surface area (Å²) < 4.78 is 31.7. The number of rotatable bonds is 7. The van der Waals surface area contributed by atoms with E-state index in [1.807, 2.05) is 31.2 Å². The molecular formula is C17H22F2N4OS. The Kier molecular flexibility index (Phi) is 7.12. The van der Waals surface area contributed by atoms with Crippen LogP contribution in [0.4, 0.5) is 8.78 Å². The van der Waals surface area contributed by atoms with Gasteiger partial charge in [0.15, 0.2) is 17.5 Å². The van der Waals surface area contributed by atoms with Gasteiger partial charge in [-0.1, -0.05) is 0 Å². The van der Waals surface area contributed by atoms with Crippen LogP contribution in [0.5, 0.6) is 5.75 Å². The lowest BCUT2D eigenvalue weighted by atomic mass is 10.3. The Hall–Kier alpha value is -2.22. The third kappa shape index (κ3) is 5.97. The van der Waals surface area contributed by atoms with Gasteiger partial charge in [-0.15, -0.1) is 11.3 Å². The molecule has 0 saturated carbocycles. The predicted molar refractivity (Wildman–Crippen MR) is 96.1 cm³/mol. The second-order valence-corrected chi connectivity index (χ2v) is 6.44. The van der Waals surface area contributed by atoms with Crippen LogP contribution < -0.4 is 10.1 Å². The molecule has 0 aliphatic rings. The second-order valence-electron chi connectivity index (χ2n) is 5.37. The van der Waals surface area contributed by atoms with E-state index in [-0.39, 0.29) is 12.4 Å². The highest BCUT2D eigenvalue weighted by Gasteiger charge is 2.09. The molecule has 2 rings (SSSR count). The van der Waals surface area contributed by atoms with E-state index in [1.54, 1.807) is 11.3 Å². The molecule has 8 heteroatoms. The van der Waals surface area contributed by atoms with Crippen molar-refractivity contribution in [2.24, 2.45) is 4.99 Å². The van der Waals surface area contributed by atoms with E-state index in [0.29, 0.717) is 13.1 Å². The number of aliphatic imine (C=N–C) groups is 1. The molecule has 0 amide bonds. The normalized spacial score (nSPS) is 11.5. The van der Waals surface area contributed by atoms with Crippen molar-refractivity contribution >= 4 is 17.3 Å². The minimum Gasteiger partial charge on any atom is -0.489 e. The first-order chi connectivity index (χ1) is 12.0. The fourth-order valence-electron chi connectivity index (χ4n) is 2.17. The molecule has 25 heavy (non-hydrogen) atoms. The van der Waals surface area contributed by atoms with Crippen molar-refractivity contribution in [3.63, 3.8) is 0 Å². The van der Waals surface area contributed by atoms with E-state index in [1.165, 1.54) is 6.07 Å². The van der Waals surface area contributed by atoms with Gasteiger partial charge in [0.25, 0.3) is 0 Å². The number of aromatic nitrogens is 1. The molecule has 0 atom stereocenters. The minimum atomic E-state index is -0.716. The fraction of sp³-hybridized carbons (Fsp3) is 0.412. The summed E-state index contributed by atoms with van der Waals surface area (Å²) >= 11 is 1.61. The molecule has 0 bridgehead atoms. The molecule has 1 heterocycles. The summed E-state index contributed by atoms with van der Waals surface area (Å²) in [6.07, 6.45) is 0. The van der Waals surface area contributed by atoms with E-state index in [0.717, 1.165) is 35.3 Å². The van der Waals surface area contributed by atoms with Crippen molar-refractivity contribution in [2.75, 3.05) is 26.7 Å². The van der Waals surface area contributed by atoms with E-state index < -0.39 is 11.6 Å². The third-order valence-electron chi connectivity index (χ3n) is 3.27. The highest BCUT2D eigenvalue weighted by molar-refractivity contribution is 7.09. The molecule has 0 saturated heterocycles. The smallest absolute Gasteiger partial charge is 0.194 e. The van der Waals surface area contributed by atoms with E-state index in [2.05, 4.69) is 15.3 Å². The molecule has 5 nitrogen and oxygen atoms in total. The number of aryl methyl sites for hydroxylation is 1. The number of thiazole rings is 1.